The quantitative estimate of drug-likeness (QED) is 0.839. The first-order valence-corrected chi connectivity index (χ1v) is 8.98. The lowest BCUT2D eigenvalue weighted by atomic mass is 10.1. The summed E-state index contributed by atoms with van der Waals surface area (Å²) in [5, 5.41) is 9.15. The molecular weight excluding hydrogens is 244 g/mol. The van der Waals surface area contributed by atoms with E-state index in [2.05, 4.69) is 33.9 Å². The van der Waals surface area contributed by atoms with Crippen LogP contribution in [0.15, 0.2) is 18.2 Å². The first kappa shape index (κ1) is 14.8. The molecule has 0 heterocycles. The minimum atomic E-state index is -1.92. The van der Waals surface area contributed by atoms with Crippen LogP contribution >= 0.6 is 0 Å². The first-order chi connectivity index (χ1) is 8.03. The summed E-state index contributed by atoms with van der Waals surface area (Å²) in [6.45, 7) is 12.7. The Labute approximate surface area is 110 Å². The van der Waals surface area contributed by atoms with Crippen molar-refractivity contribution in [1.82, 2.24) is 0 Å². The molecule has 0 saturated carbocycles. The maximum absolute atomic E-state index is 11.0. The number of rotatable bonds is 3. The summed E-state index contributed by atoms with van der Waals surface area (Å²) in [6.07, 6.45) is 0. The van der Waals surface area contributed by atoms with E-state index in [1.165, 1.54) is 0 Å². The second kappa shape index (κ2) is 4.76. The van der Waals surface area contributed by atoms with Crippen molar-refractivity contribution < 1.29 is 14.3 Å². The molecule has 0 radical (unpaired) electrons. The molecule has 0 aliphatic rings. The highest BCUT2D eigenvalue weighted by molar-refractivity contribution is 6.74. The van der Waals surface area contributed by atoms with Gasteiger partial charge in [-0.3, -0.25) is 0 Å². The molecule has 3 nitrogen and oxygen atoms in total. The van der Waals surface area contributed by atoms with E-state index in [1.54, 1.807) is 12.1 Å². The first-order valence-electron chi connectivity index (χ1n) is 6.07. The van der Waals surface area contributed by atoms with E-state index in [0.29, 0.717) is 5.75 Å². The summed E-state index contributed by atoms with van der Waals surface area (Å²) in [4.78, 5) is 11.0. The molecule has 1 rings (SSSR count). The van der Waals surface area contributed by atoms with Crippen molar-refractivity contribution in [2.45, 2.75) is 45.8 Å². The number of hydrogen-bond donors (Lipinski definition) is 1. The highest BCUT2D eigenvalue weighted by Crippen LogP contribution is 2.37. The normalized spacial score (nSPS) is 12.3. The van der Waals surface area contributed by atoms with Crippen LogP contribution in [0.5, 0.6) is 5.75 Å². The van der Waals surface area contributed by atoms with Crippen molar-refractivity contribution in [1.29, 1.82) is 0 Å². The van der Waals surface area contributed by atoms with Crippen LogP contribution in [-0.4, -0.2) is 19.4 Å². The molecule has 4 heteroatoms. The average Bonchev–Trinajstić information content (AvgIpc) is 2.13. The third-order valence-corrected chi connectivity index (χ3v) is 7.84. The maximum Gasteiger partial charge on any atom is 0.335 e. The highest BCUT2D eigenvalue weighted by Gasteiger charge is 2.39. The Balaban J connectivity index is 3.09. The lowest BCUT2D eigenvalue weighted by Gasteiger charge is -2.36. The van der Waals surface area contributed by atoms with Crippen molar-refractivity contribution in [2.75, 3.05) is 0 Å². The van der Waals surface area contributed by atoms with Gasteiger partial charge in [-0.2, -0.15) is 0 Å². The van der Waals surface area contributed by atoms with Crippen molar-refractivity contribution >= 4 is 14.3 Å². The molecule has 0 bridgehead atoms. The van der Waals surface area contributed by atoms with Gasteiger partial charge in [0.15, 0.2) is 0 Å². The predicted octanol–water partition coefficient (Wildman–Crippen LogP) is 4.08. The van der Waals surface area contributed by atoms with Gasteiger partial charge in [0.2, 0.25) is 8.32 Å². The second-order valence-corrected chi connectivity index (χ2v) is 10.9. The molecule has 0 amide bonds. The van der Waals surface area contributed by atoms with E-state index < -0.39 is 14.3 Å². The molecule has 0 aliphatic carbocycles. The Morgan fingerprint density at radius 3 is 2.22 bits per heavy atom. The summed E-state index contributed by atoms with van der Waals surface area (Å²) in [6, 6.07) is 5.16. The Morgan fingerprint density at radius 1 is 1.22 bits per heavy atom. The molecular formula is C14H22O3Si. The summed E-state index contributed by atoms with van der Waals surface area (Å²) in [5.41, 5.74) is 1.19. The predicted molar refractivity (Wildman–Crippen MR) is 76.0 cm³/mol. The van der Waals surface area contributed by atoms with Gasteiger partial charge in [0.1, 0.15) is 5.75 Å². The van der Waals surface area contributed by atoms with Gasteiger partial charge in [-0.05, 0) is 48.8 Å². The van der Waals surface area contributed by atoms with Gasteiger partial charge in [-0.25, -0.2) is 4.79 Å². The number of carbonyl (C=O) groups is 1. The van der Waals surface area contributed by atoms with Gasteiger partial charge in [-0.15, -0.1) is 0 Å². The lowest BCUT2D eigenvalue weighted by Crippen LogP contribution is -2.43. The van der Waals surface area contributed by atoms with Gasteiger partial charge in [0.05, 0.1) is 5.56 Å². The Morgan fingerprint density at radius 2 is 1.78 bits per heavy atom. The van der Waals surface area contributed by atoms with Gasteiger partial charge < -0.3 is 9.53 Å². The maximum atomic E-state index is 11.0. The number of aryl methyl sites for hydroxylation is 1. The minimum absolute atomic E-state index is 0.0974. The second-order valence-electron chi connectivity index (χ2n) is 6.20. The minimum Gasteiger partial charge on any atom is -0.543 e. The molecule has 0 fully saturated rings. The van der Waals surface area contributed by atoms with E-state index in [4.69, 9.17) is 9.53 Å². The fraction of sp³-hybridized carbons (Fsp3) is 0.500. The smallest absolute Gasteiger partial charge is 0.335 e. The molecule has 0 unspecified atom stereocenters. The van der Waals surface area contributed by atoms with Crippen LogP contribution in [0.4, 0.5) is 0 Å². The van der Waals surface area contributed by atoms with E-state index in [1.807, 2.05) is 13.0 Å². The van der Waals surface area contributed by atoms with Crippen molar-refractivity contribution in [3.63, 3.8) is 0 Å². The van der Waals surface area contributed by atoms with Crippen LogP contribution in [0.3, 0.4) is 0 Å². The van der Waals surface area contributed by atoms with Gasteiger partial charge >= 0.3 is 5.97 Å². The third-order valence-electron chi connectivity index (χ3n) is 3.48. The summed E-state index contributed by atoms with van der Waals surface area (Å²) >= 11 is 0. The third kappa shape index (κ3) is 3.35. The van der Waals surface area contributed by atoms with Crippen LogP contribution in [0.1, 0.15) is 36.7 Å². The topological polar surface area (TPSA) is 46.5 Å². The van der Waals surface area contributed by atoms with Gasteiger partial charge in [0, 0.05) is 0 Å². The summed E-state index contributed by atoms with van der Waals surface area (Å²) in [7, 11) is -1.92. The van der Waals surface area contributed by atoms with Crippen molar-refractivity contribution in [2.24, 2.45) is 0 Å². The molecule has 0 spiro atoms. The SMILES string of the molecule is Cc1cc(O[Si](C)(C)C(C)(C)C)cc(C(=O)O)c1. The highest BCUT2D eigenvalue weighted by atomic mass is 28.4. The van der Waals surface area contributed by atoms with E-state index in [-0.39, 0.29) is 10.6 Å². The van der Waals surface area contributed by atoms with Crippen molar-refractivity contribution in [3.8, 4) is 5.75 Å². The molecule has 1 aromatic rings. The van der Waals surface area contributed by atoms with Gasteiger partial charge in [-0.1, -0.05) is 20.8 Å². The fourth-order valence-electron chi connectivity index (χ4n) is 1.38. The number of carboxylic acids is 1. The van der Waals surface area contributed by atoms with E-state index in [9.17, 15) is 4.79 Å². The van der Waals surface area contributed by atoms with Crippen LogP contribution in [-0.2, 0) is 0 Å². The summed E-state index contributed by atoms with van der Waals surface area (Å²) < 4.78 is 6.11. The number of benzene rings is 1. The molecule has 100 valence electrons. The van der Waals surface area contributed by atoms with Crippen LogP contribution in [0.25, 0.3) is 0 Å². The average molecular weight is 266 g/mol. The molecule has 1 aromatic carbocycles. The molecule has 0 saturated heterocycles. The molecule has 0 atom stereocenters. The number of hydrogen-bond acceptors (Lipinski definition) is 2. The zero-order chi connectivity index (χ0) is 14.1. The van der Waals surface area contributed by atoms with E-state index in [0.717, 1.165) is 5.56 Å². The standard InChI is InChI=1S/C14H22O3Si/c1-10-7-11(13(15)16)9-12(8-10)17-18(5,6)14(2,3)4/h7-9H,1-6H3,(H,15,16). The van der Waals surface area contributed by atoms with Gasteiger partial charge in [0.25, 0.3) is 0 Å². The zero-order valence-electron chi connectivity index (χ0n) is 12.0. The Bertz CT molecular complexity index is 459. The fourth-order valence-corrected chi connectivity index (χ4v) is 2.39. The Kier molecular flexibility index (Phi) is 3.91. The number of carboxylic acid groups (broad SMARTS) is 1. The van der Waals surface area contributed by atoms with Crippen molar-refractivity contribution in [3.05, 3.63) is 29.3 Å². The number of aromatic carboxylic acids is 1. The zero-order valence-corrected chi connectivity index (χ0v) is 13.0. The molecule has 1 N–H and O–H groups in total. The molecule has 0 aromatic heterocycles. The van der Waals surface area contributed by atoms with Crippen LogP contribution < -0.4 is 4.43 Å². The molecule has 0 aliphatic heterocycles. The van der Waals surface area contributed by atoms with Crippen LogP contribution in [0.2, 0.25) is 18.1 Å². The Hall–Kier alpha value is -1.29. The van der Waals surface area contributed by atoms with Crippen LogP contribution in [0, 0.1) is 6.92 Å². The largest absolute Gasteiger partial charge is 0.543 e. The summed E-state index contributed by atoms with van der Waals surface area (Å²) in [5.74, 6) is -0.252. The van der Waals surface area contributed by atoms with E-state index >= 15 is 0 Å². The molecule has 18 heavy (non-hydrogen) atoms. The lowest BCUT2D eigenvalue weighted by molar-refractivity contribution is 0.0696. The monoisotopic (exact) mass is 266 g/mol.